The van der Waals surface area contributed by atoms with Crippen molar-refractivity contribution in [2.45, 2.75) is 50.7 Å². The largest absolute Gasteiger partial charge is 0.382 e. The molecule has 1 saturated heterocycles. The number of hydrogen-bond donors (Lipinski definition) is 1. The Kier molecular flexibility index (Phi) is 5.01. The Balaban J connectivity index is 1.42. The molecule has 1 heterocycles. The quantitative estimate of drug-likeness (QED) is 0.863. The van der Waals surface area contributed by atoms with Crippen molar-refractivity contribution in [3.05, 3.63) is 0 Å². The van der Waals surface area contributed by atoms with Crippen LogP contribution in [0.15, 0.2) is 0 Å². The van der Waals surface area contributed by atoms with Crippen molar-refractivity contribution in [1.29, 1.82) is 0 Å². The van der Waals surface area contributed by atoms with Gasteiger partial charge < -0.3 is 19.7 Å². The van der Waals surface area contributed by atoms with E-state index in [0.717, 1.165) is 11.8 Å². The van der Waals surface area contributed by atoms with Crippen LogP contribution in [0.25, 0.3) is 0 Å². The molecule has 2 aliphatic carbocycles. The molecule has 1 N–H and O–H groups in total. The van der Waals surface area contributed by atoms with Crippen molar-refractivity contribution in [1.82, 2.24) is 10.2 Å². The molecule has 2 saturated carbocycles. The number of nitrogens with zero attached hydrogens (tertiary/aromatic N) is 1. The predicted molar refractivity (Wildman–Crippen MR) is 80.2 cm³/mol. The van der Waals surface area contributed by atoms with Crippen LogP contribution in [0.3, 0.4) is 0 Å². The third kappa shape index (κ3) is 3.89. The summed E-state index contributed by atoms with van der Waals surface area (Å²) in [6, 6.07) is 0.507. The lowest BCUT2D eigenvalue weighted by molar-refractivity contribution is -0.0495. The monoisotopic (exact) mass is 296 g/mol. The molecule has 5 heteroatoms. The van der Waals surface area contributed by atoms with Gasteiger partial charge in [0.15, 0.2) is 0 Å². The van der Waals surface area contributed by atoms with Crippen molar-refractivity contribution in [3.8, 4) is 0 Å². The van der Waals surface area contributed by atoms with E-state index in [-0.39, 0.29) is 12.1 Å². The highest BCUT2D eigenvalue weighted by Gasteiger charge is 2.44. The van der Waals surface area contributed by atoms with Crippen molar-refractivity contribution in [2.24, 2.45) is 11.8 Å². The normalized spacial score (nSPS) is 33.8. The average Bonchev–Trinajstić information content (AvgIpc) is 3.28. The summed E-state index contributed by atoms with van der Waals surface area (Å²) >= 11 is 0. The van der Waals surface area contributed by atoms with Gasteiger partial charge in [-0.15, -0.1) is 0 Å². The number of amides is 2. The maximum Gasteiger partial charge on any atom is 0.317 e. The molecule has 0 aromatic carbocycles. The Hall–Kier alpha value is -0.810. The standard InChI is InChI=1S/C16H28N2O3/c1-20-11-13-10-18(7-8-21-13)16(19)17-15-9-14(15)12-5-3-2-4-6-12/h12-15H,2-11H2,1H3,(H,17,19)/t13-,14+,15+/m0/s1. The van der Waals surface area contributed by atoms with Gasteiger partial charge in [0.25, 0.3) is 0 Å². The van der Waals surface area contributed by atoms with Crippen LogP contribution in [0.1, 0.15) is 38.5 Å². The van der Waals surface area contributed by atoms with E-state index >= 15 is 0 Å². The molecular weight excluding hydrogens is 268 g/mol. The topological polar surface area (TPSA) is 50.8 Å². The molecule has 21 heavy (non-hydrogen) atoms. The van der Waals surface area contributed by atoms with Crippen LogP contribution in [-0.2, 0) is 9.47 Å². The number of morpholine rings is 1. The lowest BCUT2D eigenvalue weighted by Crippen LogP contribution is -2.51. The predicted octanol–water partition coefficient (Wildman–Crippen LogP) is 2.01. The summed E-state index contributed by atoms with van der Waals surface area (Å²) in [5.41, 5.74) is 0. The summed E-state index contributed by atoms with van der Waals surface area (Å²) in [5.74, 6) is 1.60. The molecule has 3 atom stereocenters. The second kappa shape index (κ2) is 6.97. The smallest absolute Gasteiger partial charge is 0.317 e. The van der Waals surface area contributed by atoms with Gasteiger partial charge in [-0.05, 0) is 18.3 Å². The van der Waals surface area contributed by atoms with Crippen LogP contribution in [0.4, 0.5) is 4.79 Å². The first-order valence-electron chi connectivity index (χ1n) is 8.44. The summed E-state index contributed by atoms with van der Waals surface area (Å²) < 4.78 is 10.7. The summed E-state index contributed by atoms with van der Waals surface area (Å²) in [6.07, 6.45) is 8.09. The number of carbonyl (C=O) groups is 1. The second-order valence-corrected chi connectivity index (χ2v) is 6.75. The molecule has 3 fully saturated rings. The van der Waals surface area contributed by atoms with Gasteiger partial charge in [0, 0.05) is 19.7 Å². The zero-order valence-electron chi connectivity index (χ0n) is 13.1. The summed E-state index contributed by atoms with van der Waals surface area (Å²) in [6.45, 7) is 2.49. The SMILES string of the molecule is COC[C@@H]1CN(C(=O)N[C@@H]2C[C@@H]2C2CCCCC2)CCO1. The van der Waals surface area contributed by atoms with Gasteiger partial charge in [-0.1, -0.05) is 32.1 Å². The first-order valence-corrected chi connectivity index (χ1v) is 8.44. The third-order valence-electron chi connectivity index (χ3n) is 5.18. The maximum atomic E-state index is 12.3. The fraction of sp³-hybridized carbons (Fsp3) is 0.938. The third-order valence-corrected chi connectivity index (χ3v) is 5.18. The number of methoxy groups -OCH3 is 1. The van der Waals surface area contributed by atoms with E-state index in [1.54, 1.807) is 7.11 Å². The van der Waals surface area contributed by atoms with E-state index in [4.69, 9.17) is 9.47 Å². The first-order chi connectivity index (χ1) is 10.3. The van der Waals surface area contributed by atoms with E-state index in [0.29, 0.717) is 32.3 Å². The molecule has 3 rings (SSSR count). The van der Waals surface area contributed by atoms with Crippen LogP contribution in [0, 0.1) is 11.8 Å². The van der Waals surface area contributed by atoms with Gasteiger partial charge in [0.1, 0.15) is 0 Å². The highest BCUT2D eigenvalue weighted by molar-refractivity contribution is 5.75. The van der Waals surface area contributed by atoms with Crippen LogP contribution >= 0.6 is 0 Å². The second-order valence-electron chi connectivity index (χ2n) is 6.75. The fourth-order valence-electron chi connectivity index (χ4n) is 3.90. The highest BCUT2D eigenvalue weighted by atomic mass is 16.5. The molecule has 1 aliphatic heterocycles. The van der Waals surface area contributed by atoms with E-state index < -0.39 is 0 Å². The lowest BCUT2D eigenvalue weighted by atomic mass is 9.85. The number of rotatable bonds is 4. The summed E-state index contributed by atoms with van der Waals surface area (Å²) in [4.78, 5) is 14.2. The van der Waals surface area contributed by atoms with Gasteiger partial charge in [-0.25, -0.2) is 4.79 Å². The van der Waals surface area contributed by atoms with Gasteiger partial charge in [0.2, 0.25) is 0 Å². The van der Waals surface area contributed by atoms with E-state index in [2.05, 4.69) is 5.32 Å². The zero-order valence-corrected chi connectivity index (χ0v) is 13.1. The highest BCUT2D eigenvalue weighted by Crippen LogP contribution is 2.44. The lowest BCUT2D eigenvalue weighted by Gasteiger charge is -2.32. The Bertz CT molecular complexity index is 355. The molecule has 0 radical (unpaired) electrons. The van der Waals surface area contributed by atoms with Gasteiger partial charge in [-0.3, -0.25) is 0 Å². The Morgan fingerprint density at radius 3 is 2.90 bits per heavy atom. The van der Waals surface area contributed by atoms with Crippen molar-refractivity contribution >= 4 is 6.03 Å². The molecule has 0 unspecified atom stereocenters. The van der Waals surface area contributed by atoms with E-state index in [9.17, 15) is 4.79 Å². The van der Waals surface area contributed by atoms with Crippen LogP contribution in [-0.4, -0.2) is 56.5 Å². The minimum Gasteiger partial charge on any atom is -0.382 e. The van der Waals surface area contributed by atoms with Crippen molar-refractivity contribution in [3.63, 3.8) is 0 Å². The summed E-state index contributed by atoms with van der Waals surface area (Å²) in [7, 11) is 1.67. The first kappa shape index (κ1) is 15.1. The Labute approximate surface area is 127 Å². The summed E-state index contributed by atoms with van der Waals surface area (Å²) in [5, 5.41) is 3.22. The number of carbonyl (C=O) groups excluding carboxylic acids is 1. The van der Waals surface area contributed by atoms with Crippen molar-refractivity contribution in [2.75, 3.05) is 33.4 Å². The molecule has 2 amide bonds. The molecule has 3 aliphatic rings. The number of hydrogen-bond acceptors (Lipinski definition) is 3. The number of ether oxygens (including phenoxy) is 2. The van der Waals surface area contributed by atoms with Crippen LogP contribution in [0.2, 0.25) is 0 Å². The Morgan fingerprint density at radius 2 is 2.14 bits per heavy atom. The van der Waals surface area contributed by atoms with Crippen molar-refractivity contribution < 1.29 is 14.3 Å². The van der Waals surface area contributed by atoms with Crippen LogP contribution < -0.4 is 5.32 Å². The minimum atomic E-state index is 0.0165. The van der Waals surface area contributed by atoms with E-state index in [1.807, 2.05) is 4.90 Å². The molecule has 0 aromatic rings. The molecule has 0 bridgehead atoms. The molecule has 0 aromatic heterocycles. The molecule has 5 nitrogen and oxygen atoms in total. The number of urea groups is 1. The zero-order chi connectivity index (χ0) is 14.7. The van der Waals surface area contributed by atoms with Gasteiger partial charge >= 0.3 is 6.03 Å². The maximum absolute atomic E-state index is 12.3. The van der Waals surface area contributed by atoms with Gasteiger partial charge in [-0.2, -0.15) is 0 Å². The number of nitrogens with one attached hydrogen (secondary N) is 1. The minimum absolute atomic E-state index is 0.0165. The Morgan fingerprint density at radius 1 is 1.33 bits per heavy atom. The molecule has 0 spiro atoms. The van der Waals surface area contributed by atoms with Gasteiger partial charge in [0.05, 0.1) is 25.9 Å². The fourth-order valence-corrected chi connectivity index (χ4v) is 3.90. The van der Waals surface area contributed by atoms with E-state index in [1.165, 1.54) is 38.5 Å². The molecule has 120 valence electrons. The van der Waals surface area contributed by atoms with Crippen LogP contribution in [0.5, 0.6) is 0 Å². The molecular formula is C16H28N2O3. The average molecular weight is 296 g/mol.